The second-order valence-electron chi connectivity index (χ2n) is 14.3. The first kappa shape index (κ1) is 28.9. The van der Waals surface area contributed by atoms with Gasteiger partial charge < -0.3 is 19.5 Å². The molecule has 4 saturated carbocycles. The lowest BCUT2D eigenvalue weighted by molar-refractivity contribution is -0.218. The fourth-order valence-electron chi connectivity index (χ4n) is 10.4. The largest absolute Gasteiger partial charge is 0.463 e. The van der Waals surface area contributed by atoms with Gasteiger partial charge in [0.2, 0.25) is 5.91 Å². The second kappa shape index (κ2) is 11.0. The highest BCUT2D eigenvalue weighted by Gasteiger charge is 2.66. The molecule has 1 heterocycles. The quantitative estimate of drug-likeness (QED) is 0.465. The highest BCUT2D eigenvalue weighted by atomic mass is 16.5. The van der Waals surface area contributed by atoms with E-state index in [0.717, 1.165) is 77.3 Å². The smallest absolute Gasteiger partial charge is 0.302 e. The molecule has 5 aliphatic rings. The summed E-state index contributed by atoms with van der Waals surface area (Å²) in [5.41, 5.74) is -0.208. The maximum absolute atomic E-state index is 12.8. The molecule has 11 atom stereocenters. The molecule has 0 unspecified atom stereocenters. The topological polar surface area (TPSA) is 93.1 Å². The summed E-state index contributed by atoms with van der Waals surface area (Å²) in [4.78, 5) is 38.8. The minimum absolute atomic E-state index is 0.0339. The summed E-state index contributed by atoms with van der Waals surface area (Å²) in [6.45, 7) is 11.8. The molecule has 1 amide bonds. The van der Waals surface area contributed by atoms with Gasteiger partial charge in [0.25, 0.3) is 0 Å². The van der Waals surface area contributed by atoms with Crippen LogP contribution < -0.4 is 0 Å². The van der Waals surface area contributed by atoms with E-state index >= 15 is 0 Å². The molecule has 0 aromatic carbocycles. The average Bonchev–Trinajstić information content (AvgIpc) is 3.52. The number of aliphatic hydroxyl groups excluding tert-OH is 1. The summed E-state index contributed by atoms with van der Waals surface area (Å²) in [5, 5.41) is 11.9. The number of hydrogen-bond acceptors (Lipinski definition) is 6. The molecule has 5 rings (SSSR count). The molecular weight excluding hydrogens is 494 g/mol. The zero-order valence-electron chi connectivity index (χ0n) is 24.8. The second-order valence-corrected chi connectivity index (χ2v) is 14.3. The van der Waals surface area contributed by atoms with Gasteiger partial charge in [-0.1, -0.05) is 20.8 Å². The molecule has 0 radical (unpaired) electrons. The van der Waals surface area contributed by atoms with Crippen molar-refractivity contribution in [2.24, 2.45) is 46.3 Å². The first-order valence-corrected chi connectivity index (χ1v) is 15.7. The fraction of sp³-hybridized carbons (Fsp3) is 0.906. The van der Waals surface area contributed by atoms with Crippen LogP contribution in [0.4, 0.5) is 0 Å². The minimum Gasteiger partial charge on any atom is -0.463 e. The van der Waals surface area contributed by atoms with E-state index in [9.17, 15) is 19.5 Å². The number of esters is 2. The van der Waals surface area contributed by atoms with E-state index in [0.29, 0.717) is 30.1 Å². The van der Waals surface area contributed by atoms with Crippen molar-refractivity contribution < 1.29 is 29.0 Å². The summed E-state index contributed by atoms with van der Waals surface area (Å²) < 4.78 is 11.7. The van der Waals surface area contributed by atoms with Crippen molar-refractivity contribution in [3.05, 3.63) is 0 Å². The zero-order valence-corrected chi connectivity index (χ0v) is 24.8. The third kappa shape index (κ3) is 5.15. The van der Waals surface area contributed by atoms with Gasteiger partial charge in [0, 0.05) is 39.3 Å². The van der Waals surface area contributed by atoms with Crippen molar-refractivity contribution in [1.29, 1.82) is 0 Å². The van der Waals surface area contributed by atoms with Crippen molar-refractivity contribution in [2.45, 2.75) is 124 Å². The van der Waals surface area contributed by atoms with Gasteiger partial charge >= 0.3 is 11.9 Å². The van der Waals surface area contributed by atoms with E-state index in [1.807, 2.05) is 4.90 Å². The van der Waals surface area contributed by atoms with Gasteiger partial charge in [-0.3, -0.25) is 14.4 Å². The molecule has 7 heteroatoms. The van der Waals surface area contributed by atoms with E-state index in [4.69, 9.17) is 9.47 Å². The lowest BCUT2D eigenvalue weighted by atomic mass is 9.43. The van der Waals surface area contributed by atoms with Crippen molar-refractivity contribution in [3.63, 3.8) is 0 Å². The normalized spacial score (nSPS) is 44.1. The van der Waals surface area contributed by atoms with Gasteiger partial charge in [-0.15, -0.1) is 0 Å². The molecule has 5 fully saturated rings. The molecule has 1 aliphatic heterocycles. The lowest BCUT2D eigenvalue weighted by Crippen LogP contribution is -2.63. The molecular formula is C32H51NO6. The summed E-state index contributed by atoms with van der Waals surface area (Å²) >= 11 is 0. The first-order chi connectivity index (χ1) is 18.4. The number of hydrogen-bond donors (Lipinski definition) is 1. The van der Waals surface area contributed by atoms with Crippen molar-refractivity contribution in [2.75, 3.05) is 13.1 Å². The summed E-state index contributed by atoms with van der Waals surface area (Å²) in [6, 6.07) is 0. The Hall–Kier alpha value is -1.63. The number of fused-ring (bicyclic) bond motifs is 5. The van der Waals surface area contributed by atoms with Gasteiger partial charge in [0.1, 0.15) is 12.2 Å². The van der Waals surface area contributed by atoms with Crippen LogP contribution in [0, 0.1) is 46.3 Å². The lowest BCUT2D eigenvalue weighted by Gasteiger charge is -2.64. The molecule has 4 aliphatic carbocycles. The van der Waals surface area contributed by atoms with Crippen molar-refractivity contribution in [3.8, 4) is 0 Å². The summed E-state index contributed by atoms with van der Waals surface area (Å²) in [5.74, 6) is 1.64. The van der Waals surface area contributed by atoms with Crippen LogP contribution in [0.15, 0.2) is 0 Å². The van der Waals surface area contributed by atoms with E-state index in [1.165, 1.54) is 13.8 Å². The van der Waals surface area contributed by atoms with Crippen molar-refractivity contribution in [1.82, 2.24) is 4.90 Å². The van der Waals surface area contributed by atoms with Crippen LogP contribution in [-0.2, 0) is 23.9 Å². The van der Waals surface area contributed by atoms with Gasteiger partial charge in [-0.2, -0.15) is 0 Å². The number of rotatable bonds is 6. The Balaban J connectivity index is 1.36. The van der Waals surface area contributed by atoms with Crippen LogP contribution in [0.2, 0.25) is 0 Å². The third-order valence-electron chi connectivity index (χ3n) is 12.4. The number of ether oxygens (including phenoxy) is 2. The van der Waals surface area contributed by atoms with E-state index in [-0.39, 0.29) is 52.7 Å². The number of aliphatic hydroxyl groups is 1. The standard InChI is InChI=1S/C32H51NO6/c1-19(8-11-29(37)33-14-6-7-15-33)24-9-10-25-30-26(18-28(36)32(24,25)5)31(4)13-12-23(38-20(2)34)16-22(31)17-27(30)39-21(3)35/h19,22-28,30,36H,6-18H2,1-5H3/t19-,22+,23-,24-,25+,26+,27-,28+,30+,31+,32-/m1/s1. The molecule has 39 heavy (non-hydrogen) atoms. The third-order valence-corrected chi connectivity index (χ3v) is 12.4. The number of nitrogens with zero attached hydrogens (tertiary/aromatic N) is 1. The van der Waals surface area contributed by atoms with Crippen LogP contribution in [0.3, 0.4) is 0 Å². The maximum atomic E-state index is 12.8. The SMILES string of the molecule is CC(=O)O[C@@H]1CC[C@@]2(C)[C@@H](C1)C[C@@H](OC(C)=O)[C@@H]1[C@@H]2C[C@H](O)[C@]2(C)[C@@H]([C@H](C)CCC(=O)N3CCCC3)CC[C@@H]12. The number of amides is 1. The minimum atomic E-state index is -0.410. The van der Waals surface area contributed by atoms with Crippen LogP contribution in [0.5, 0.6) is 0 Å². The molecule has 220 valence electrons. The molecule has 1 saturated heterocycles. The molecule has 1 N–H and O–H groups in total. The highest BCUT2D eigenvalue weighted by molar-refractivity contribution is 5.76. The molecule has 7 nitrogen and oxygen atoms in total. The van der Waals surface area contributed by atoms with Gasteiger partial charge in [-0.25, -0.2) is 0 Å². The summed E-state index contributed by atoms with van der Waals surface area (Å²) in [7, 11) is 0. The van der Waals surface area contributed by atoms with Crippen LogP contribution in [-0.4, -0.2) is 59.3 Å². The molecule has 0 spiro atoms. The molecule has 0 bridgehead atoms. The number of carbonyl (C=O) groups is 3. The van der Waals surface area contributed by atoms with Crippen LogP contribution in [0.1, 0.15) is 105 Å². The van der Waals surface area contributed by atoms with Crippen LogP contribution >= 0.6 is 0 Å². The maximum Gasteiger partial charge on any atom is 0.302 e. The summed E-state index contributed by atoms with van der Waals surface area (Å²) in [6.07, 6.45) is 9.32. The number of likely N-dealkylation sites (tertiary alicyclic amines) is 1. The highest BCUT2D eigenvalue weighted by Crippen LogP contribution is 2.68. The Labute approximate surface area is 234 Å². The number of carbonyl (C=O) groups excluding carboxylic acids is 3. The predicted octanol–water partition coefficient (Wildman–Crippen LogP) is 5.13. The monoisotopic (exact) mass is 545 g/mol. The fourth-order valence-corrected chi connectivity index (χ4v) is 10.4. The first-order valence-electron chi connectivity index (χ1n) is 15.7. The van der Waals surface area contributed by atoms with Crippen LogP contribution in [0.25, 0.3) is 0 Å². The van der Waals surface area contributed by atoms with E-state index < -0.39 is 6.10 Å². The van der Waals surface area contributed by atoms with Crippen molar-refractivity contribution >= 4 is 17.8 Å². The van der Waals surface area contributed by atoms with Gasteiger partial charge in [-0.05, 0) is 105 Å². The van der Waals surface area contributed by atoms with E-state index in [1.54, 1.807) is 0 Å². The Morgan fingerprint density at radius 2 is 1.64 bits per heavy atom. The van der Waals surface area contributed by atoms with Gasteiger partial charge in [0.15, 0.2) is 0 Å². The molecule has 0 aromatic rings. The zero-order chi connectivity index (χ0) is 28.1. The predicted molar refractivity (Wildman–Crippen MR) is 147 cm³/mol. The molecule has 0 aromatic heterocycles. The Morgan fingerprint density at radius 1 is 0.949 bits per heavy atom. The average molecular weight is 546 g/mol. The Morgan fingerprint density at radius 3 is 2.31 bits per heavy atom. The van der Waals surface area contributed by atoms with E-state index in [2.05, 4.69) is 20.8 Å². The Bertz CT molecular complexity index is 947. The Kier molecular flexibility index (Phi) is 8.13. The van der Waals surface area contributed by atoms with Gasteiger partial charge in [0.05, 0.1) is 6.10 Å².